The van der Waals surface area contributed by atoms with E-state index in [9.17, 15) is 4.39 Å². The zero-order valence-electron chi connectivity index (χ0n) is 9.09. The third kappa shape index (κ3) is 2.34. The lowest BCUT2D eigenvalue weighted by molar-refractivity contribution is 0.621. The zero-order valence-corrected chi connectivity index (χ0v) is 9.90. The molecule has 82 valence electrons. The summed E-state index contributed by atoms with van der Waals surface area (Å²) in [5.41, 5.74) is 1.20. The highest BCUT2D eigenvalue weighted by atomic mass is 32.2. The number of hydrogen-bond donors (Lipinski definition) is 1. The highest BCUT2D eigenvalue weighted by molar-refractivity contribution is 7.98. The Morgan fingerprint density at radius 3 is 3.00 bits per heavy atom. The van der Waals surface area contributed by atoms with Crippen molar-refractivity contribution in [1.29, 1.82) is 0 Å². The van der Waals surface area contributed by atoms with Crippen LogP contribution in [0.4, 0.5) is 4.39 Å². The largest absolute Gasteiger partial charge is 0.319 e. The second kappa shape index (κ2) is 4.54. The molecule has 2 atom stereocenters. The van der Waals surface area contributed by atoms with Crippen LogP contribution in [-0.2, 0) is 0 Å². The van der Waals surface area contributed by atoms with Crippen LogP contribution in [0.15, 0.2) is 23.1 Å². The van der Waals surface area contributed by atoms with Crippen LogP contribution >= 0.6 is 11.8 Å². The SMILES string of the molecule is CNCC1CC1c1cc(F)ccc1SC. The number of thioether (sulfide) groups is 1. The lowest BCUT2D eigenvalue weighted by Gasteiger charge is -2.07. The monoisotopic (exact) mass is 225 g/mol. The Hall–Kier alpha value is -0.540. The topological polar surface area (TPSA) is 12.0 Å². The van der Waals surface area contributed by atoms with Crippen LogP contribution in [0.1, 0.15) is 17.9 Å². The van der Waals surface area contributed by atoms with Gasteiger partial charge in [0.05, 0.1) is 0 Å². The van der Waals surface area contributed by atoms with Gasteiger partial charge in [0.15, 0.2) is 0 Å². The molecule has 0 amide bonds. The Kier molecular flexibility index (Phi) is 3.32. The van der Waals surface area contributed by atoms with Gasteiger partial charge in [0.1, 0.15) is 5.82 Å². The van der Waals surface area contributed by atoms with Crippen molar-refractivity contribution in [2.24, 2.45) is 5.92 Å². The third-order valence-electron chi connectivity index (χ3n) is 2.98. The van der Waals surface area contributed by atoms with E-state index in [0.29, 0.717) is 11.8 Å². The smallest absolute Gasteiger partial charge is 0.123 e. The average molecular weight is 225 g/mol. The molecule has 2 rings (SSSR count). The molecule has 0 bridgehead atoms. The van der Waals surface area contributed by atoms with E-state index in [1.165, 1.54) is 16.9 Å². The molecule has 0 aliphatic heterocycles. The molecule has 1 aliphatic carbocycles. The van der Waals surface area contributed by atoms with E-state index in [-0.39, 0.29) is 5.82 Å². The van der Waals surface area contributed by atoms with Crippen LogP contribution in [0.5, 0.6) is 0 Å². The second-order valence-electron chi connectivity index (χ2n) is 4.05. The van der Waals surface area contributed by atoms with Crippen molar-refractivity contribution < 1.29 is 4.39 Å². The predicted octanol–water partition coefficient (Wildman–Crippen LogP) is 2.87. The first-order valence-electron chi connectivity index (χ1n) is 5.24. The number of nitrogens with one attached hydrogen (secondary N) is 1. The maximum atomic E-state index is 13.2. The predicted molar refractivity (Wildman–Crippen MR) is 63.0 cm³/mol. The highest BCUT2D eigenvalue weighted by Gasteiger charge is 2.38. The van der Waals surface area contributed by atoms with Gasteiger partial charge in [0, 0.05) is 4.90 Å². The fourth-order valence-electron chi connectivity index (χ4n) is 2.11. The van der Waals surface area contributed by atoms with E-state index in [2.05, 4.69) is 5.32 Å². The lowest BCUT2D eigenvalue weighted by atomic mass is 10.1. The fraction of sp³-hybridized carbons (Fsp3) is 0.500. The minimum absolute atomic E-state index is 0.113. The second-order valence-corrected chi connectivity index (χ2v) is 4.89. The van der Waals surface area contributed by atoms with E-state index < -0.39 is 0 Å². The summed E-state index contributed by atoms with van der Waals surface area (Å²) in [7, 11) is 1.97. The molecule has 0 spiro atoms. The molecule has 0 radical (unpaired) electrons. The molecular weight excluding hydrogens is 209 g/mol. The average Bonchev–Trinajstić information content (AvgIpc) is 2.98. The summed E-state index contributed by atoms with van der Waals surface area (Å²) >= 11 is 1.71. The first-order chi connectivity index (χ1) is 7.26. The van der Waals surface area contributed by atoms with Crippen molar-refractivity contribution in [1.82, 2.24) is 5.32 Å². The van der Waals surface area contributed by atoms with Gasteiger partial charge in [-0.1, -0.05) is 0 Å². The van der Waals surface area contributed by atoms with Gasteiger partial charge in [-0.2, -0.15) is 0 Å². The Labute approximate surface area is 94.5 Å². The first-order valence-corrected chi connectivity index (χ1v) is 6.46. The van der Waals surface area contributed by atoms with E-state index >= 15 is 0 Å². The van der Waals surface area contributed by atoms with Crippen LogP contribution in [0.25, 0.3) is 0 Å². The fourth-order valence-corrected chi connectivity index (χ4v) is 2.76. The summed E-state index contributed by atoms with van der Waals surface area (Å²) in [5, 5.41) is 3.18. The molecule has 1 aromatic carbocycles. The first kappa shape index (κ1) is 11.0. The Morgan fingerprint density at radius 2 is 2.33 bits per heavy atom. The van der Waals surface area contributed by atoms with Crippen molar-refractivity contribution in [3.05, 3.63) is 29.6 Å². The molecule has 0 heterocycles. The third-order valence-corrected chi connectivity index (χ3v) is 3.79. The Balaban J connectivity index is 2.17. The summed E-state index contributed by atoms with van der Waals surface area (Å²) in [5.74, 6) is 1.15. The molecule has 1 saturated carbocycles. The number of benzene rings is 1. The lowest BCUT2D eigenvalue weighted by Crippen LogP contribution is -2.10. The quantitative estimate of drug-likeness (QED) is 0.791. The molecule has 0 aromatic heterocycles. The van der Waals surface area contributed by atoms with Crippen molar-refractivity contribution >= 4 is 11.8 Å². The van der Waals surface area contributed by atoms with Gasteiger partial charge < -0.3 is 5.32 Å². The van der Waals surface area contributed by atoms with Crippen molar-refractivity contribution in [2.75, 3.05) is 19.8 Å². The summed E-state index contributed by atoms with van der Waals surface area (Å²) in [4.78, 5) is 1.22. The molecule has 3 heteroatoms. The molecule has 0 saturated heterocycles. The maximum absolute atomic E-state index is 13.2. The molecule has 2 unspecified atom stereocenters. The summed E-state index contributed by atoms with van der Waals surface area (Å²) in [6, 6.07) is 5.14. The molecular formula is C12H16FNS. The minimum Gasteiger partial charge on any atom is -0.319 e. The van der Waals surface area contributed by atoms with Gasteiger partial charge in [-0.3, -0.25) is 0 Å². The Bertz CT molecular complexity index is 353. The Morgan fingerprint density at radius 1 is 1.53 bits per heavy atom. The van der Waals surface area contributed by atoms with Gasteiger partial charge >= 0.3 is 0 Å². The van der Waals surface area contributed by atoms with E-state index in [1.807, 2.05) is 19.4 Å². The molecule has 1 N–H and O–H groups in total. The normalized spacial score (nSPS) is 24.2. The number of hydrogen-bond acceptors (Lipinski definition) is 2. The zero-order chi connectivity index (χ0) is 10.8. The standard InChI is InChI=1S/C12H16FNS/c1-14-7-8-5-10(8)11-6-9(13)3-4-12(11)15-2/h3-4,6,8,10,14H,5,7H2,1-2H3. The molecule has 1 aromatic rings. The van der Waals surface area contributed by atoms with Gasteiger partial charge in [-0.25, -0.2) is 4.39 Å². The highest BCUT2D eigenvalue weighted by Crippen LogP contribution is 2.49. The van der Waals surface area contributed by atoms with Crippen LogP contribution in [-0.4, -0.2) is 19.8 Å². The molecule has 1 aliphatic rings. The van der Waals surface area contributed by atoms with Gasteiger partial charge in [-0.15, -0.1) is 11.8 Å². The van der Waals surface area contributed by atoms with Gasteiger partial charge in [-0.05, 0) is 61.9 Å². The van der Waals surface area contributed by atoms with Crippen molar-refractivity contribution in [3.8, 4) is 0 Å². The van der Waals surface area contributed by atoms with E-state index in [0.717, 1.165) is 6.54 Å². The number of rotatable bonds is 4. The van der Waals surface area contributed by atoms with Gasteiger partial charge in [0.2, 0.25) is 0 Å². The maximum Gasteiger partial charge on any atom is 0.123 e. The molecule has 1 fully saturated rings. The van der Waals surface area contributed by atoms with Crippen LogP contribution in [0.2, 0.25) is 0 Å². The van der Waals surface area contributed by atoms with Gasteiger partial charge in [0.25, 0.3) is 0 Å². The number of halogens is 1. The molecule has 15 heavy (non-hydrogen) atoms. The summed E-state index contributed by atoms with van der Waals surface area (Å²) in [6.45, 7) is 1.04. The van der Waals surface area contributed by atoms with Crippen molar-refractivity contribution in [2.45, 2.75) is 17.2 Å². The van der Waals surface area contributed by atoms with Crippen LogP contribution < -0.4 is 5.32 Å². The summed E-state index contributed by atoms with van der Waals surface area (Å²) < 4.78 is 13.2. The van der Waals surface area contributed by atoms with Crippen LogP contribution in [0, 0.1) is 11.7 Å². The molecule has 1 nitrogen and oxygen atoms in total. The van der Waals surface area contributed by atoms with Crippen molar-refractivity contribution in [3.63, 3.8) is 0 Å². The van der Waals surface area contributed by atoms with E-state index in [4.69, 9.17) is 0 Å². The van der Waals surface area contributed by atoms with E-state index in [1.54, 1.807) is 23.9 Å². The van der Waals surface area contributed by atoms with Crippen LogP contribution in [0.3, 0.4) is 0 Å². The minimum atomic E-state index is -0.113. The summed E-state index contributed by atoms with van der Waals surface area (Å²) in [6.07, 6.45) is 3.24.